The first-order chi connectivity index (χ1) is 19.0. The number of hydrogen-bond donors (Lipinski definition) is 2. The molecule has 2 saturated heterocycles. The highest BCUT2D eigenvalue weighted by atomic mass is 19.4. The standard InChI is InChI=1S/C26H32N4O3.C2HF3O2/c27-21-17-28-12-5-20(21)24(31)30-15-10-25(11-16-30)8-13-29(14-9-25)18-19-3-1-4-22-23(19)33-26(32-22)6-2-7-26;3-2(4,5)1(6)7/h1,3-5,12,17H,2,6-11,13-16,18,27H2;(H,6,7). The van der Waals surface area contributed by atoms with Gasteiger partial charge in [0.1, 0.15) is 0 Å². The van der Waals surface area contributed by atoms with Crippen LogP contribution in [0.25, 0.3) is 0 Å². The number of ether oxygens (including phenoxy) is 2. The summed E-state index contributed by atoms with van der Waals surface area (Å²) in [5.74, 6) is -1.23. The summed E-state index contributed by atoms with van der Waals surface area (Å²) in [4.78, 5) is 30.3. The minimum absolute atomic E-state index is 0.0339. The van der Waals surface area contributed by atoms with Crippen LogP contribution in [0.2, 0.25) is 0 Å². The van der Waals surface area contributed by atoms with E-state index in [4.69, 9.17) is 25.1 Å². The summed E-state index contributed by atoms with van der Waals surface area (Å²) in [6.07, 6.45) is 5.76. The van der Waals surface area contributed by atoms with Gasteiger partial charge in [0.25, 0.3) is 11.7 Å². The molecule has 1 saturated carbocycles. The molecule has 0 bridgehead atoms. The number of para-hydroxylation sites is 1. The number of carboxylic acids is 1. The molecule has 1 aromatic carbocycles. The highest BCUT2D eigenvalue weighted by Crippen LogP contribution is 2.50. The Morgan fingerprint density at radius 2 is 1.65 bits per heavy atom. The highest BCUT2D eigenvalue weighted by molar-refractivity contribution is 5.98. The average molecular weight is 563 g/mol. The van der Waals surface area contributed by atoms with Crippen LogP contribution in [-0.2, 0) is 11.3 Å². The van der Waals surface area contributed by atoms with E-state index in [1.165, 1.54) is 24.8 Å². The van der Waals surface area contributed by atoms with Gasteiger partial charge in [0, 0.05) is 44.2 Å². The number of likely N-dealkylation sites (tertiary alicyclic amines) is 2. The molecule has 216 valence electrons. The van der Waals surface area contributed by atoms with Crippen molar-refractivity contribution in [3.63, 3.8) is 0 Å². The van der Waals surface area contributed by atoms with E-state index in [2.05, 4.69) is 22.0 Å². The second-order valence-corrected chi connectivity index (χ2v) is 11.0. The minimum Gasteiger partial charge on any atom is -0.475 e. The molecule has 3 fully saturated rings. The number of aromatic nitrogens is 1. The van der Waals surface area contributed by atoms with Gasteiger partial charge in [-0.05, 0) is 62.7 Å². The van der Waals surface area contributed by atoms with Gasteiger partial charge in [-0.2, -0.15) is 13.2 Å². The van der Waals surface area contributed by atoms with E-state index < -0.39 is 12.1 Å². The molecule has 1 aliphatic carbocycles. The summed E-state index contributed by atoms with van der Waals surface area (Å²) in [6, 6.07) is 8.02. The normalized spacial score (nSPS) is 20.9. The number of carbonyl (C=O) groups excluding carboxylic acids is 1. The molecule has 2 aromatic rings. The number of pyridine rings is 1. The Morgan fingerprint density at radius 3 is 2.23 bits per heavy atom. The van der Waals surface area contributed by atoms with Crippen LogP contribution in [0.5, 0.6) is 11.5 Å². The molecule has 40 heavy (non-hydrogen) atoms. The predicted molar refractivity (Wildman–Crippen MR) is 139 cm³/mol. The Hall–Kier alpha value is -3.54. The van der Waals surface area contributed by atoms with Gasteiger partial charge in [0.05, 0.1) is 17.4 Å². The van der Waals surface area contributed by atoms with E-state index in [0.29, 0.717) is 16.7 Å². The fraction of sp³-hybridized carbons (Fsp3) is 0.536. The summed E-state index contributed by atoms with van der Waals surface area (Å²) in [7, 11) is 0. The topological polar surface area (TPSA) is 118 Å². The van der Waals surface area contributed by atoms with Crippen molar-refractivity contribution in [1.29, 1.82) is 0 Å². The number of aliphatic carboxylic acids is 1. The van der Waals surface area contributed by atoms with Gasteiger partial charge in [-0.1, -0.05) is 12.1 Å². The fourth-order valence-corrected chi connectivity index (χ4v) is 5.84. The third kappa shape index (κ3) is 5.81. The predicted octanol–water partition coefficient (Wildman–Crippen LogP) is 4.47. The molecule has 0 unspecified atom stereocenters. The Bertz CT molecular complexity index is 1250. The summed E-state index contributed by atoms with van der Waals surface area (Å²) in [6.45, 7) is 4.69. The molecule has 12 heteroatoms. The van der Waals surface area contributed by atoms with Crippen LogP contribution in [0.15, 0.2) is 36.7 Å². The number of amides is 1. The van der Waals surface area contributed by atoms with Crippen molar-refractivity contribution in [2.24, 2.45) is 5.41 Å². The Kier molecular flexibility index (Phi) is 7.56. The number of benzene rings is 1. The third-order valence-corrected chi connectivity index (χ3v) is 8.51. The molecule has 3 aliphatic heterocycles. The number of alkyl halides is 3. The molecular weight excluding hydrogens is 529 g/mol. The van der Waals surface area contributed by atoms with Crippen LogP contribution in [0.1, 0.15) is 60.9 Å². The lowest BCUT2D eigenvalue weighted by atomic mass is 9.71. The number of halogens is 3. The van der Waals surface area contributed by atoms with Gasteiger partial charge in [-0.25, -0.2) is 4.79 Å². The van der Waals surface area contributed by atoms with Gasteiger partial charge in [-0.15, -0.1) is 0 Å². The van der Waals surface area contributed by atoms with E-state index in [1.54, 1.807) is 18.5 Å². The molecule has 9 nitrogen and oxygen atoms in total. The smallest absolute Gasteiger partial charge is 0.475 e. The number of carboxylic acid groups (broad SMARTS) is 1. The lowest BCUT2D eigenvalue weighted by Crippen LogP contribution is -2.48. The van der Waals surface area contributed by atoms with E-state index in [9.17, 15) is 18.0 Å². The molecule has 1 amide bonds. The fourth-order valence-electron chi connectivity index (χ4n) is 5.84. The largest absolute Gasteiger partial charge is 0.490 e. The molecule has 4 heterocycles. The molecule has 4 aliphatic rings. The van der Waals surface area contributed by atoms with Gasteiger partial charge in [0.15, 0.2) is 11.5 Å². The van der Waals surface area contributed by atoms with Gasteiger partial charge in [0.2, 0.25) is 0 Å². The van der Waals surface area contributed by atoms with Crippen molar-refractivity contribution in [1.82, 2.24) is 14.8 Å². The summed E-state index contributed by atoms with van der Waals surface area (Å²) < 4.78 is 44.2. The Labute approximate surface area is 230 Å². The first-order valence-electron chi connectivity index (χ1n) is 13.5. The highest BCUT2D eigenvalue weighted by Gasteiger charge is 2.48. The lowest BCUT2D eigenvalue weighted by Gasteiger charge is -2.47. The average Bonchev–Trinajstić information content (AvgIpc) is 3.33. The number of hydrogen-bond acceptors (Lipinski definition) is 7. The van der Waals surface area contributed by atoms with Crippen LogP contribution in [0.3, 0.4) is 0 Å². The van der Waals surface area contributed by atoms with Crippen LogP contribution in [0, 0.1) is 5.41 Å². The molecule has 2 spiro atoms. The van der Waals surface area contributed by atoms with Crippen molar-refractivity contribution < 1.29 is 37.3 Å². The number of nitrogens with two attached hydrogens (primary N) is 1. The zero-order valence-electron chi connectivity index (χ0n) is 22.1. The van der Waals surface area contributed by atoms with Crippen molar-refractivity contribution in [3.8, 4) is 11.5 Å². The molecule has 6 rings (SSSR count). The van der Waals surface area contributed by atoms with E-state index >= 15 is 0 Å². The van der Waals surface area contributed by atoms with E-state index in [-0.39, 0.29) is 11.7 Å². The number of nitrogens with zero attached hydrogens (tertiary/aromatic N) is 3. The van der Waals surface area contributed by atoms with Gasteiger partial charge < -0.3 is 25.2 Å². The second kappa shape index (κ2) is 10.8. The maximum absolute atomic E-state index is 12.9. The van der Waals surface area contributed by atoms with Crippen molar-refractivity contribution in [3.05, 3.63) is 47.8 Å². The number of piperidine rings is 2. The zero-order chi connectivity index (χ0) is 28.5. The molecular formula is C28H33F3N4O5. The van der Waals surface area contributed by atoms with Crippen molar-refractivity contribution in [2.75, 3.05) is 31.9 Å². The number of rotatable bonds is 3. The third-order valence-electron chi connectivity index (χ3n) is 8.51. The number of anilines is 1. The molecule has 0 radical (unpaired) electrons. The van der Waals surface area contributed by atoms with Gasteiger partial charge >= 0.3 is 12.1 Å². The number of carbonyl (C=O) groups is 2. The summed E-state index contributed by atoms with van der Waals surface area (Å²) in [5, 5.41) is 7.12. The summed E-state index contributed by atoms with van der Waals surface area (Å²) in [5.41, 5.74) is 8.59. The maximum Gasteiger partial charge on any atom is 0.490 e. The molecule has 0 atom stereocenters. The van der Waals surface area contributed by atoms with E-state index in [0.717, 1.165) is 69.9 Å². The van der Waals surface area contributed by atoms with Crippen LogP contribution < -0.4 is 15.2 Å². The quantitative estimate of drug-likeness (QED) is 0.563. The number of nitrogen functional groups attached to an aromatic ring is 1. The lowest BCUT2D eigenvalue weighted by molar-refractivity contribution is -0.192. The molecule has 1 aromatic heterocycles. The van der Waals surface area contributed by atoms with Crippen LogP contribution in [-0.4, -0.2) is 69.9 Å². The van der Waals surface area contributed by atoms with Gasteiger partial charge in [-0.3, -0.25) is 14.7 Å². The van der Waals surface area contributed by atoms with Crippen molar-refractivity contribution in [2.45, 2.75) is 63.5 Å². The van der Waals surface area contributed by atoms with Crippen LogP contribution >= 0.6 is 0 Å². The van der Waals surface area contributed by atoms with E-state index in [1.807, 2.05) is 11.0 Å². The monoisotopic (exact) mass is 562 g/mol. The minimum atomic E-state index is -5.08. The van der Waals surface area contributed by atoms with Crippen molar-refractivity contribution >= 4 is 17.6 Å². The second-order valence-electron chi connectivity index (χ2n) is 11.0. The number of fused-ring (bicyclic) bond motifs is 1. The molecule has 3 N–H and O–H groups in total. The maximum atomic E-state index is 12.9. The zero-order valence-corrected chi connectivity index (χ0v) is 22.1. The Balaban J connectivity index is 0.000000411. The first kappa shape index (κ1) is 28.0. The first-order valence-corrected chi connectivity index (χ1v) is 13.5. The Morgan fingerprint density at radius 1 is 1.00 bits per heavy atom. The SMILES string of the molecule is Nc1cnccc1C(=O)N1CCC2(CCN(Cc3cccc4c3OC3(CCC3)O4)CC2)CC1.O=C(O)C(F)(F)F. The summed E-state index contributed by atoms with van der Waals surface area (Å²) >= 11 is 0. The van der Waals surface area contributed by atoms with Crippen LogP contribution in [0.4, 0.5) is 18.9 Å².